The predicted molar refractivity (Wildman–Crippen MR) is 69.0 cm³/mol. The smallest absolute Gasteiger partial charge is 0.323 e. The van der Waals surface area contributed by atoms with E-state index < -0.39 is 11.5 Å². The Morgan fingerprint density at radius 2 is 2.00 bits per heavy atom. The van der Waals surface area contributed by atoms with Gasteiger partial charge in [0, 0.05) is 6.04 Å². The average Bonchev–Trinajstić information content (AvgIpc) is 3.06. The number of nitrogens with two attached hydrogens (primary N) is 1. The number of aliphatic carboxylic acids is 1. The maximum absolute atomic E-state index is 10.9. The summed E-state index contributed by atoms with van der Waals surface area (Å²) in [5.74, 6) is -0.899. The molecule has 0 spiro atoms. The number of carbonyl (C=O) groups is 1. The summed E-state index contributed by atoms with van der Waals surface area (Å²) in [6, 6.07) is 0.760. The summed E-state index contributed by atoms with van der Waals surface area (Å²) in [6.07, 6.45) is 6.49. The van der Waals surface area contributed by atoms with Crippen molar-refractivity contribution < 1.29 is 9.90 Å². The van der Waals surface area contributed by atoms with Crippen molar-refractivity contribution in [2.45, 2.75) is 64.0 Å². The van der Waals surface area contributed by atoms with Crippen molar-refractivity contribution in [3.05, 3.63) is 0 Å². The van der Waals surface area contributed by atoms with Gasteiger partial charge in [0.2, 0.25) is 0 Å². The molecule has 1 rings (SSSR count). The molecule has 0 aromatic heterocycles. The minimum atomic E-state index is -1.07. The SMILES string of the molecule is CCCCN(CCCC(C)(N)C(=O)O)C1CC1. The lowest BCUT2D eigenvalue weighted by Gasteiger charge is -2.24. The summed E-state index contributed by atoms with van der Waals surface area (Å²) in [5, 5.41) is 8.93. The summed E-state index contributed by atoms with van der Waals surface area (Å²) in [7, 11) is 0. The Kier molecular flexibility index (Phi) is 5.40. The van der Waals surface area contributed by atoms with Gasteiger partial charge in [-0.15, -0.1) is 0 Å². The Morgan fingerprint density at radius 1 is 1.41 bits per heavy atom. The van der Waals surface area contributed by atoms with Gasteiger partial charge in [-0.25, -0.2) is 0 Å². The molecule has 0 aromatic rings. The Labute approximate surface area is 104 Å². The standard InChI is InChI=1S/C13H26N2O2/c1-3-4-9-15(11-6-7-11)10-5-8-13(2,14)12(16)17/h11H,3-10,14H2,1-2H3,(H,16,17). The molecule has 1 fully saturated rings. The second-order valence-corrected chi connectivity index (χ2v) is 5.45. The van der Waals surface area contributed by atoms with Crippen LogP contribution >= 0.6 is 0 Å². The molecule has 0 bridgehead atoms. The third-order valence-electron chi connectivity index (χ3n) is 3.49. The summed E-state index contributed by atoms with van der Waals surface area (Å²) in [4.78, 5) is 13.4. The first kappa shape index (κ1) is 14.5. The third-order valence-corrected chi connectivity index (χ3v) is 3.49. The van der Waals surface area contributed by atoms with E-state index in [0.29, 0.717) is 6.42 Å². The highest BCUT2D eigenvalue weighted by atomic mass is 16.4. The first-order valence-electron chi connectivity index (χ1n) is 6.73. The summed E-state index contributed by atoms with van der Waals surface area (Å²) in [6.45, 7) is 5.94. The highest BCUT2D eigenvalue weighted by molar-refractivity contribution is 5.77. The zero-order valence-corrected chi connectivity index (χ0v) is 11.1. The second kappa shape index (κ2) is 6.36. The molecule has 0 heterocycles. The monoisotopic (exact) mass is 242 g/mol. The normalized spacial score (nSPS) is 19.3. The van der Waals surface area contributed by atoms with Crippen LogP contribution in [0.2, 0.25) is 0 Å². The fraction of sp³-hybridized carbons (Fsp3) is 0.923. The number of hydrogen-bond acceptors (Lipinski definition) is 3. The van der Waals surface area contributed by atoms with Gasteiger partial charge in [-0.2, -0.15) is 0 Å². The molecule has 1 unspecified atom stereocenters. The first-order chi connectivity index (χ1) is 7.97. The molecule has 3 N–H and O–H groups in total. The molecule has 0 saturated heterocycles. The average molecular weight is 242 g/mol. The number of rotatable bonds is 9. The number of carboxylic acid groups (broad SMARTS) is 1. The van der Waals surface area contributed by atoms with E-state index in [2.05, 4.69) is 11.8 Å². The first-order valence-corrected chi connectivity index (χ1v) is 6.73. The van der Waals surface area contributed by atoms with Crippen LogP contribution in [0.5, 0.6) is 0 Å². The number of carboxylic acids is 1. The van der Waals surface area contributed by atoms with E-state index in [-0.39, 0.29) is 0 Å². The molecule has 0 aliphatic heterocycles. The number of nitrogens with zero attached hydrogens (tertiary/aromatic N) is 1. The molecule has 17 heavy (non-hydrogen) atoms. The summed E-state index contributed by atoms with van der Waals surface area (Å²) >= 11 is 0. The van der Waals surface area contributed by atoms with Gasteiger partial charge in [0.05, 0.1) is 0 Å². The van der Waals surface area contributed by atoms with Crippen LogP contribution in [0.15, 0.2) is 0 Å². The lowest BCUT2D eigenvalue weighted by atomic mass is 9.97. The van der Waals surface area contributed by atoms with Crippen LogP contribution in [0.4, 0.5) is 0 Å². The Hall–Kier alpha value is -0.610. The van der Waals surface area contributed by atoms with Crippen LogP contribution in [-0.4, -0.2) is 40.6 Å². The van der Waals surface area contributed by atoms with Gasteiger partial charge in [-0.3, -0.25) is 4.79 Å². The molecular weight excluding hydrogens is 216 g/mol. The molecular formula is C13H26N2O2. The van der Waals surface area contributed by atoms with E-state index >= 15 is 0 Å². The highest BCUT2D eigenvalue weighted by Gasteiger charge is 2.30. The molecule has 4 nitrogen and oxygen atoms in total. The van der Waals surface area contributed by atoms with Gasteiger partial charge >= 0.3 is 5.97 Å². The molecule has 1 saturated carbocycles. The van der Waals surface area contributed by atoms with Crippen molar-refractivity contribution in [2.24, 2.45) is 5.73 Å². The van der Waals surface area contributed by atoms with Crippen LogP contribution in [0.1, 0.15) is 52.4 Å². The van der Waals surface area contributed by atoms with Crippen molar-refractivity contribution in [2.75, 3.05) is 13.1 Å². The van der Waals surface area contributed by atoms with Crippen molar-refractivity contribution >= 4 is 5.97 Å². The van der Waals surface area contributed by atoms with E-state index in [4.69, 9.17) is 10.8 Å². The van der Waals surface area contributed by atoms with E-state index in [1.165, 1.54) is 25.7 Å². The molecule has 0 amide bonds. The Bertz CT molecular complexity index is 250. The molecule has 1 atom stereocenters. The fourth-order valence-corrected chi connectivity index (χ4v) is 2.03. The Balaban J connectivity index is 2.24. The molecule has 0 radical (unpaired) electrons. The van der Waals surface area contributed by atoms with Gasteiger partial charge in [0.25, 0.3) is 0 Å². The van der Waals surface area contributed by atoms with Crippen LogP contribution in [-0.2, 0) is 4.79 Å². The van der Waals surface area contributed by atoms with Gasteiger partial charge in [0.1, 0.15) is 5.54 Å². The minimum Gasteiger partial charge on any atom is -0.480 e. The number of hydrogen-bond donors (Lipinski definition) is 2. The third kappa shape index (κ3) is 5.04. The van der Waals surface area contributed by atoms with Crippen molar-refractivity contribution in [3.63, 3.8) is 0 Å². The summed E-state index contributed by atoms with van der Waals surface area (Å²) < 4.78 is 0. The quantitative estimate of drug-likeness (QED) is 0.647. The fourth-order valence-electron chi connectivity index (χ4n) is 2.03. The largest absolute Gasteiger partial charge is 0.480 e. The predicted octanol–water partition coefficient (Wildman–Crippen LogP) is 1.83. The maximum Gasteiger partial charge on any atom is 0.323 e. The lowest BCUT2D eigenvalue weighted by Crippen LogP contribution is -2.45. The van der Waals surface area contributed by atoms with Gasteiger partial charge in [-0.05, 0) is 52.1 Å². The molecule has 100 valence electrons. The van der Waals surface area contributed by atoms with Gasteiger partial charge in [-0.1, -0.05) is 13.3 Å². The Morgan fingerprint density at radius 3 is 2.47 bits per heavy atom. The van der Waals surface area contributed by atoms with E-state index in [1.807, 2.05) is 0 Å². The summed E-state index contributed by atoms with van der Waals surface area (Å²) in [5.41, 5.74) is 4.65. The van der Waals surface area contributed by atoms with Crippen molar-refractivity contribution in [1.29, 1.82) is 0 Å². The van der Waals surface area contributed by atoms with Crippen LogP contribution in [0, 0.1) is 0 Å². The lowest BCUT2D eigenvalue weighted by molar-refractivity contribution is -0.142. The van der Waals surface area contributed by atoms with Crippen molar-refractivity contribution in [3.8, 4) is 0 Å². The molecule has 0 aromatic carbocycles. The van der Waals surface area contributed by atoms with Crippen LogP contribution in [0.3, 0.4) is 0 Å². The van der Waals surface area contributed by atoms with Gasteiger partial charge in [0.15, 0.2) is 0 Å². The molecule has 1 aliphatic carbocycles. The molecule has 1 aliphatic rings. The second-order valence-electron chi connectivity index (χ2n) is 5.45. The minimum absolute atomic E-state index is 0.553. The zero-order chi connectivity index (χ0) is 12.9. The molecule has 4 heteroatoms. The topological polar surface area (TPSA) is 66.6 Å². The van der Waals surface area contributed by atoms with Crippen LogP contribution in [0.25, 0.3) is 0 Å². The van der Waals surface area contributed by atoms with Crippen LogP contribution < -0.4 is 5.73 Å². The van der Waals surface area contributed by atoms with Gasteiger partial charge < -0.3 is 15.7 Å². The van der Waals surface area contributed by atoms with E-state index in [1.54, 1.807) is 6.92 Å². The number of unbranched alkanes of at least 4 members (excludes halogenated alkanes) is 1. The highest BCUT2D eigenvalue weighted by Crippen LogP contribution is 2.27. The van der Waals surface area contributed by atoms with E-state index in [9.17, 15) is 4.79 Å². The zero-order valence-electron chi connectivity index (χ0n) is 11.1. The maximum atomic E-state index is 10.9. The van der Waals surface area contributed by atoms with E-state index in [0.717, 1.165) is 25.6 Å². The van der Waals surface area contributed by atoms with Crippen molar-refractivity contribution in [1.82, 2.24) is 4.90 Å².